The first-order valence-electron chi connectivity index (χ1n) is 8.46. The van der Waals surface area contributed by atoms with Crippen LogP contribution in [0.1, 0.15) is 16.1 Å². The van der Waals surface area contributed by atoms with Gasteiger partial charge in [0.25, 0.3) is 5.91 Å². The number of benzene rings is 2. The van der Waals surface area contributed by atoms with Crippen molar-refractivity contribution in [2.45, 2.75) is 6.61 Å². The minimum atomic E-state index is -0.353. The van der Waals surface area contributed by atoms with Gasteiger partial charge in [0.2, 0.25) is 0 Å². The summed E-state index contributed by atoms with van der Waals surface area (Å²) in [6.07, 6.45) is 0. The lowest BCUT2D eigenvalue weighted by molar-refractivity contribution is 0.102. The monoisotopic (exact) mass is 434 g/mol. The van der Waals surface area contributed by atoms with Crippen LogP contribution in [0.4, 0.5) is 5.69 Å². The van der Waals surface area contributed by atoms with E-state index < -0.39 is 0 Å². The van der Waals surface area contributed by atoms with Gasteiger partial charge in [0.05, 0.1) is 43.2 Å². The Bertz CT molecular complexity index is 995. The van der Waals surface area contributed by atoms with Gasteiger partial charge in [-0.25, -0.2) is 4.98 Å². The van der Waals surface area contributed by atoms with Crippen molar-refractivity contribution in [3.05, 3.63) is 57.5 Å². The van der Waals surface area contributed by atoms with Gasteiger partial charge in [0.15, 0.2) is 11.5 Å². The van der Waals surface area contributed by atoms with Crippen LogP contribution in [-0.2, 0) is 6.61 Å². The zero-order valence-corrected chi connectivity index (χ0v) is 17.6. The Morgan fingerprint density at radius 1 is 1.03 bits per heavy atom. The number of halogens is 1. The highest BCUT2D eigenvalue weighted by Crippen LogP contribution is 2.36. The number of hydrogen-bond acceptors (Lipinski definition) is 7. The van der Waals surface area contributed by atoms with E-state index in [0.29, 0.717) is 45.9 Å². The highest BCUT2D eigenvalue weighted by atomic mass is 35.5. The third kappa shape index (κ3) is 4.90. The number of nitrogens with one attached hydrogen (secondary N) is 1. The minimum absolute atomic E-state index is 0.312. The van der Waals surface area contributed by atoms with Crippen LogP contribution in [0.5, 0.6) is 23.0 Å². The van der Waals surface area contributed by atoms with Gasteiger partial charge in [-0.1, -0.05) is 11.6 Å². The molecule has 1 amide bonds. The summed E-state index contributed by atoms with van der Waals surface area (Å²) in [5.74, 6) is 1.48. The molecule has 9 heteroatoms. The van der Waals surface area contributed by atoms with Crippen LogP contribution in [0.3, 0.4) is 0 Å². The van der Waals surface area contributed by atoms with E-state index in [0.717, 1.165) is 5.69 Å². The van der Waals surface area contributed by atoms with Gasteiger partial charge in [-0.15, -0.1) is 11.3 Å². The lowest BCUT2D eigenvalue weighted by atomic mass is 10.1. The van der Waals surface area contributed by atoms with Crippen LogP contribution in [0.15, 0.2) is 41.2 Å². The van der Waals surface area contributed by atoms with Gasteiger partial charge in [-0.05, 0) is 24.3 Å². The maximum atomic E-state index is 12.7. The first-order valence-corrected chi connectivity index (χ1v) is 9.78. The summed E-state index contributed by atoms with van der Waals surface area (Å²) >= 11 is 7.66. The van der Waals surface area contributed by atoms with Crippen LogP contribution in [-0.4, -0.2) is 32.2 Å². The van der Waals surface area contributed by atoms with Crippen molar-refractivity contribution in [1.82, 2.24) is 4.98 Å². The highest BCUT2D eigenvalue weighted by molar-refractivity contribution is 7.07. The second kappa shape index (κ2) is 9.49. The molecule has 3 rings (SSSR count). The maximum Gasteiger partial charge on any atom is 0.255 e. The lowest BCUT2D eigenvalue weighted by Crippen LogP contribution is -2.13. The fourth-order valence-corrected chi connectivity index (χ4v) is 3.32. The molecule has 1 heterocycles. The van der Waals surface area contributed by atoms with Crippen molar-refractivity contribution in [1.29, 1.82) is 0 Å². The number of carbonyl (C=O) groups is 1. The number of methoxy groups -OCH3 is 3. The molecule has 3 aromatic rings. The zero-order valence-electron chi connectivity index (χ0n) is 16.0. The fourth-order valence-electron chi connectivity index (χ4n) is 2.54. The summed E-state index contributed by atoms with van der Waals surface area (Å²) in [4.78, 5) is 16.9. The van der Waals surface area contributed by atoms with Crippen LogP contribution in [0.2, 0.25) is 5.02 Å². The molecule has 0 saturated carbocycles. The van der Waals surface area contributed by atoms with E-state index in [1.54, 1.807) is 35.8 Å². The Morgan fingerprint density at radius 3 is 2.45 bits per heavy atom. The fraction of sp³-hybridized carbons (Fsp3) is 0.200. The molecule has 2 aromatic carbocycles. The van der Waals surface area contributed by atoms with Crippen molar-refractivity contribution < 1.29 is 23.7 Å². The quantitative estimate of drug-likeness (QED) is 0.555. The van der Waals surface area contributed by atoms with Crippen LogP contribution in [0, 0.1) is 0 Å². The van der Waals surface area contributed by atoms with E-state index in [1.165, 1.54) is 32.7 Å². The molecule has 1 N–H and O–H groups in total. The summed E-state index contributed by atoms with van der Waals surface area (Å²) in [6.45, 7) is 0.312. The molecular weight excluding hydrogens is 416 g/mol. The maximum absolute atomic E-state index is 12.7. The Balaban J connectivity index is 1.78. The minimum Gasteiger partial charge on any atom is -0.495 e. The van der Waals surface area contributed by atoms with Gasteiger partial charge in [0, 0.05) is 17.0 Å². The third-order valence-corrected chi connectivity index (χ3v) is 4.94. The molecule has 0 unspecified atom stereocenters. The molecule has 29 heavy (non-hydrogen) atoms. The van der Waals surface area contributed by atoms with E-state index in [9.17, 15) is 4.79 Å². The molecule has 152 valence electrons. The summed E-state index contributed by atoms with van der Waals surface area (Å²) in [5, 5.41) is 5.04. The number of ether oxygens (including phenoxy) is 4. The van der Waals surface area contributed by atoms with Crippen molar-refractivity contribution in [2.75, 3.05) is 26.6 Å². The molecule has 0 saturated heterocycles. The number of aromatic nitrogens is 1. The number of amides is 1. The largest absolute Gasteiger partial charge is 0.495 e. The molecule has 0 spiro atoms. The predicted molar refractivity (Wildman–Crippen MR) is 112 cm³/mol. The lowest BCUT2D eigenvalue weighted by Gasteiger charge is -2.14. The zero-order chi connectivity index (χ0) is 20.8. The number of hydrogen-bond donors (Lipinski definition) is 1. The average Bonchev–Trinajstić information content (AvgIpc) is 3.26. The van der Waals surface area contributed by atoms with E-state index in [1.807, 2.05) is 5.38 Å². The van der Waals surface area contributed by atoms with Crippen LogP contribution < -0.4 is 24.3 Å². The molecule has 0 fully saturated rings. The number of thiazole rings is 1. The number of nitrogens with zero attached hydrogens (tertiary/aromatic N) is 1. The average molecular weight is 435 g/mol. The Kier molecular flexibility index (Phi) is 6.79. The predicted octanol–water partition coefficient (Wildman–Crippen LogP) is 4.65. The van der Waals surface area contributed by atoms with Crippen LogP contribution >= 0.6 is 22.9 Å². The summed E-state index contributed by atoms with van der Waals surface area (Å²) in [7, 11) is 4.51. The summed E-state index contributed by atoms with van der Waals surface area (Å²) < 4.78 is 21.6. The molecule has 0 radical (unpaired) electrons. The molecule has 1 aromatic heterocycles. The summed E-state index contributed by atoms with van der Waals surface area (Å²) in [6, 6.07) is 8.10. The molecular formula is C20H19ClN2O5S. The van der Waals surface area contributed by atoms with E-state index >= 15 is 0 Å². The van der Waals surface area contributed by atoms with Crippen molar-refractivity contribution >= 4 is 34.5 Å². The molecule has 0 aliphatic carbocycles. The number of rotatable bonds is 8. The molecule has 0 aliphatic rings. The van der Waals surface area contributed by atoms with Crippen molar-refractivity contribution in [3.63, 3.8) is 0 Å². The molecule has 0 atom stereocenters. The first-order chi connectivity index (χ1) is 14.0. The highest BCUT2D eigenvalue weighted by Gasteiger charge is 2.16. The van der Waals surface area contributed by atoms with Gasteiger partial charge in [-0.3, -0.25) is 4.79 Å². The van der Waals surface area contributed by atoms with Gasteiger partial charge in [0.1, 0.15) is 18.1 Å². The van der Waals surface area contributed by atoms with Crippen LogP contribution in [0.25, 0.3) is 0 Å². The standard InChI is InChI=1S/C20H19ClN2O5S/c1-25-17-8-18(26-2)15(7-14(17)21)23-20(24)12-4-5-16(19(6-12)27-3)28-9-13-10-29-11-22-13/h4-8,10-11H,9H2,1-3H3,(H,23,24). The van der Waals surface area contributed by atoms with Gasteiger partial charge in [-0.2, -0.15) is 0 Å². The third-order valence-electron chi connectivity index (χ3n) is 4.01. The molecule has 0 aliphatic heterocycles. The number of anilines is 1. The molecule has 7 nitrogen and oxygen atoms in total. The summed E-state index contributed by atoms with van der Waals surface area (Å²) in [5.41, 5.74) is 3.37. The second-order valence-corrected chi connectivity index (χ2v) is 6.90. The van der Waals surface area contributed by atoms with E-state index in [-0.39, 0.29) is 5.91 Å². The normalized spacial score (nSPS) is 10.3. The van der Waals surface area contributed by atoms with Gasteiger partial charge < -0.3 is 24.3 Å². The first kappa shape index (κ1) is 20.8. The van der Waals surface area contributed by atoms with Crippen molar-refractivity contribution in [3.8, 4) is 23.0 Å². The Hall–Kier alpha value is -2.97. The number of carbonyl (C=O) groups excluding carboxylic acids is 1. The van der Waals surface area contributed by atoms with E-state index in [2.05, 4.69) is 10.3 Å². The Morgan fingerprint density at radius 2 is 1.79 bits per heavy atom. The second-order valence-electron chi connectivity index (χ2n) is 5.78. The smallest absolute Gasteiger partial charge is 0.255 e. The van der Waals surface area contributed by atoms with E-state index in [4.69, 9.17) is 30.5 Å². The molecule has 0 bridgehead atoms. The SMILES string of the molecule is COc1cc(OC)c(NC(=O)c2ccc(OCc3cscn3)c(OC)c2)cc1Cl. The van der Waals surface area contributed by atoms with Gasteiger partial charge >= 0.3 is 0 Å². The van der Waals surface area contributed by atoms with Crippen molar-refractivity contribution in [2.24, 2.45) is 0 Å². The Labute approximate surface area is 177 Å². The topological polar surface area (TPSA) is 78.9 Å².